The Morgan fingerprint density at radius 2 is 1.76 bits per heavy atom. The van der Waals surface area contributed by atoms with Crippen LogP contribution in [-0.4, -0.2) is 23.9 Å². The highest BCUT2D eigenvalue weighted by Gasteiger charge is 2.33. The first-order valence-electron chi connectivity index (χ1n) is 8.72. The van der Waals surface area contributed by atoms with Gasteiger partial charge in [0.1, 0.15) is 0 Å². The van der Waals surface area contributed by atoms with E-state index in [2.05, 4.69) is 23.1 Å². The minimum atomic E-state index is 0.272. The van der Waals surface area contributed by atoms with Crippen LogP contribution in [-0.2, 0) is 12.8 Å². The van der Waals surface area contributed by atoms with Crippen LogP contribution in [0.2, 0.25) is 0 Å². The van der Waals surface area contributed by atoms with Gasteiger partial charge in [0.15, 0.2) is 0 Å². The highest BCUT2D eigenvalue weighted by Crippen LogP contribution is 2.36. The number of amides is 1. The van der Waals surface area contributed by atoms with E-state index in [0.29, 0.717) is 0 Å². The number of aryl methyl sites for hydroxylation is 2. The van der Waals surface area contributed by atoms with Gasteiger partial charge in [-0.25, -0.2) is 0 Å². The Morgan fingerprint density at radius 1 is 0.952 bits per heavy atom. The average molecular weight is 283 g/mol. The van der Waals surface area contributed by atoms with E-state index in [1.165, 1.54) is 56.1 Å². The summed E-state index contributed by atoms with van der Waals surface area (Å²) in [6.07, 6.45) is 10.3. The number of nitrogens with zero attached hydrogens (tertiary/aromatic N) is 1. The van der Waals surface area contributed by atoms with Crippen molar-refractivity contribution in [2.24, 2.45) is 11.8 Å². The smallest absolute Gasteiger partial charge is 0.253 e. The Morgan fingerprint density at radius 3 is 2.67 bits per heavy atom. The topological polar surface area (TPSA) is 20.3 Å². The molecule has 2 aliphatic carbocycles. The highest BCUT2D eigenvalue weighted by atomic mass is 16.2. The molecule has 1 saturated carbocycles. The van der Waals surface area contributed by atoms with E-state index < -0.39 is 0 Å². The standard InChI is InChI=1S/C19H25NO/c21-19(17-9-8-14-6-3-7-16(14)12-17)20-11-10-15-4-1-2-5-18(15)13-20/h8-9,12,15,18H,1-7,10-11,13H2/t15-,18-/m0/s1. The molecule has 2 heteroatoms. The second kappa shape index (κ2) is 5.47. The maximum Gasteiger partial charge on any atom is 0.253 e. The zero-order valence-electron chi connectivity index (χ0n) is 12.8. The predicted octanol–water partition coefficient (Wildman–Crippen LogP) is 3.83. The van der Waals surface area contributed by atoms with Gasteiger partial charge in [-0.1, -0.05) is 25.3 Å². The molecule has 1 aromatic carbocycles. The van der Waals surface area contributed by atoms with Gasteiger partial charge in [0.25, 0.3) is 5.91 Å². The molecule has 2 nitrogen and oxygen atoms in total. The summed E-state index contributed by atoms with van der Waals surface area (Å²) in [6, 6.07) is 6.40. The molecule has 0 bridgehead atoms. The van der Waals surface area contributed by atoms with Crippen molar-refractivity contribution in [2.45, 2.75) is 51.4 Å². The number of carbonyl (C=O) groups excluding carboxylic acids is 1. The molecule has 1 aliphatic heterocycles. The number of likely N-dealkylation sites (tertiary alicyclic amines) is 1. The molecule has 0 unspecified atom stereocenters. The fraction of sp³-hybridized carbons (Fsp3) is 0.632. The van der Waals surface area contributed by atoms with Crippen LogP contribution in [0.5, 0.6) is 0 Å². The van der Waals surface area contributed by atoms with Crippen molar-refractivity contribution in [3.05, 3.63) is 34.9 Å². The minimum Gasteiger partial charge on any atom is -0.338 e. The lowest BCUT2D eigenvalue weighted by molar-refractivity contribution is 0.0521. The summed E-state index contributed by atoms with van der Waals surface area (Å²) in [5.74, 6) is 1.93. The largest absolute Gasteiger partial charge is 0.338 e. The van der Waals surface area contributed by atoms with Crippen molar-refractivity contribution in [2.75, 3.05) is 13.1 Å². The fourth-order valence-electron chi connectivity index (χ4n) is 4.67. The van der Waals surface area contributed by atoms with E-state index in [0.717, 1.165) is 36.9 Å². The Hall–Kier alpha value is -1.31. The molecule has 112 valence electrons. The monoisotopic (exact) mass is 283 g/mol. The molecule has 2 atom stereocenters. The van der Waals surface area contributed by atoms with Gasteiger partial charge < -0.3 is 4.90 Å². The Labute approximate surface area is 127 Å². The van der Waals surface area contributed by atoms with Gasteiger partial charge in [0.2, 0.25) is 0 Å². The Balaban J connectivity index is 1.49. The molecule has 1 saturated heterocycles. The van der Waals surface area contributed by atoms with Crippen LogP contribution in [0.25, 0.3) is 0 Å². The minimum absolute atomic E-state index is 0.272. The number of piperidine rings is 1. The van der Waals surface area contributed by atoms with E-state index in [1.54, 1.807) is 0 Å². The van der Waals surface area contributed by atoms with E-state index >= 15 is 0 Å². The van der Waals surface area contributed by atoms with Gasteiger partial charge in [-0.05, 0) is 67.2 Å². The third-order valence-electron chi connectivity index (χ3n) is 5.92. The number of rotatable bonds is 1. The van der Waals surface area contributed by atoms with Gasteiger partial charge in [-0.15, -0.1) is 0 Å². The van der Waals surface area contributed by atoms with Crippen molar-refractivity contribution in [3.8, 4) is 0 Å². The molecular weight excluding hydrogens is 258 g/mol. The predicted molar refractivity (Wildman–Crippen MR) is 84.4 cm³/mol. The summed E-state index contributed by atoms with van der Waals surface area (Å²) in [5, 5.41) is 0. The normalized spacial score (nSPS) is 28.1. The van der Waals surface area contributed by atoms with Crippen LogP contribution in [0.3, 0.4) is 0 Å². The SMILES string of the molecule is O=C(c1ccc2c(c1)CCC2)N1CC[C@@H]2CCCC[C@H]2C1. The summed E-state index contributed by atoms with van der Waals surface area (Å²) in [5.41, 5.74) is 3.79. The molecule has 1 amide bonds. The fourth-order valence-corrected chi connectivity index (χ4v) is 4.67. The molecule has 3 aliphatic rings. The van der Waals surface area contributed by atoms with Crippen LogP contribution in [0.4, 0.5) is 0 Å². The second-order valence-electron chi connectivity index (χ2n) is 7.18. The van der Waals surface area contributed by atoms with Gasteiger partial charge in [-0.2, -0.15) is 0 Å². The van der Waals surface area contributed by atoms with E-state index in [1.807, 2.05) is 0 Å². The van der Waals surface area contributed by atoms with Gasteiger partial charge in [-0.3, -0.25) is 4.79 Å². The molecule has 0 N–H and O–H groups in total. The van der Waals surface area contributed by atoms with Crippen molar-refractivity contribution < 1.29 is 4.79 Å². The molecular formula is C19H25NO. The third kappa shape index (κ3) is 2.49. The third-order valence-corrected chi connectivity index (χ3v) is 5.92. The first kappa shape index (κ1) is 13.4. The Bertz CT molecular complexity index is 550. The lowest BCUT2D eigenvalue weighted by Crippen LogP contribution is -2.44. The summed E-state index contributed by atoms with van der Waals surface area (Å²) in [4.78, 5) is 14.9. The van der Waals surface area contributed by atoms with Crippen LogP contribution in [0, 0.1) is 11.8 Å². The van der Waals surface area contributed by atoms with Crippen molar-refractivity contribution in [1.29, 1.82) is 0 Å². The van der Waals surface area contributed by atoms with Crippen molar-refractivity contribution in [3.63, 3.8) is 0 Å². The summed E-state index contributed by atoms with van der Waals surface area (Å²) < 4.78 is 0. The van der Waals surface area contributed by atoms with Crippen LogP contribution >= 0.6 is 0 Å². The van der Waals surface area contributed by atoms with Crippen LogP contribution in [0.15, 0.2) is 18.2 Å². The molecule has 0 radical (unpaired) electrons. The maximum atomic E-state index is 12.8. The molecule has 2 fully saturated rings. The number of hydrogen-bond acceptors (Lipinski definition) is 1. The first-order valence-corrected chi connectivity index (χ1v) is 8.72. The second-order valence-corrected chi connectivity index (χ2v) is 7.18. The van der Waals surface area contributed by atoms with E-state index in [4.69, 9.17) is 0 Å². The summed E-state index contributed by atoms with van der Waals surface area (Å²) in [6.45, 7) is 1.97. The number of carbonyl (C=O) groups is 1. The number of fused-ring (bicyclic) bond motifs is 2. The van der Waals surface area contributed by atoms with Gasteiger partial charge in [0.05, 0.1) is 0 Å². The molecule has 0 aromatic heterocycles. The van der Waals surface area contributed by atoms with E-state index in [9.17, 15) is 4.79 Å². The van der Waals surface area contributed by atoms with Crippen LogP contribution < -0.4 is 0 Å². The molecule has 1 aromatic rings. The molecule has 4 rings (SSSR count). The number of benzene rings is 1. The zero-order chi connectivity index (χ0) is 14.2. The molecule has 21 heavy (non-hydrogen) atoms. The highest BCUT2D eigenvalue weighted by molar-refractivity contribution is 5.94. The van der Waals surface area contributed by atoms with Crippen molar-refractivity contribution >= 4 is 5.91 Å². The first-order chi connectivity index (χ1) is 10.3. The maximum absolute atomic E-state index is 12.8. The quantitative estimate of drug-likeness (QED) is 0.767. The lowest BCUT2D eigenvalue weighted by Gasteiger charge is -2.41. The molecule has 0 spiro atoms. The summed E-state index contributed by atoms with van der Waals surface area (Å²) in [7, 11) is 0. The van der Waals surface area contributed by atoms with Crippen molar-refractivity contribution in [1.82, 2.24) is 4.90 Å². The lowest BCUT2D eigenvalue weighted by atomic mass is 9.75. The van der Waals surface area contributed by atoms with Crippen LogP contribution in [0.1, 0.15) is 60.0 Å². The van der Waals surface area contributed by atoms with E-state index in [-0.39, 0.29) is 5.91 Å². The zero-order valence-corrected chi connectivity index (χ0v) is 12.8. The van der Waals surface area contributed by atoms with Gasteiger partial charge in [0, 0.05) is 18.7 Å². The number of hydrogen-bond donors (Lipinski definition) is 0. The molecule has 1 heterocycles. The average Bonchev–Trinajstić information content (AvgIpc) is 3.01. The Kier molecular flexibility index (Phi) is 3.48. The summed E-state index contributed by atoms with van der Waals surface area (Å²) >= 11 is 0. The van der Waals surface area contributed by atoms with Gasteiger partial charge >= 0.3 is 0 Å².